The van der Waals surface area contributed by atoms with Crippen LogP contribution in [0.2, 0.25) is 0 Å². The Morgan fingerprint density at radius 2 is 1.14 bits per heavy atom. The largest absolute Gasteiger partial charge is 0.457 e. The van der Waals surface area contributed by atoms with Crippen LogP contribution in [0.3, 0.4) is 0 Å². The number of hydrogen-bond donors (Lipinski definition) is 0. The molecule has 298 valence electrons. The summed E-state index contributed by atoms with van der Waals surface area (Å²) in [5.74, 6) is -0.220. The van der Waals surface area contributed by atoms with Crippen molar-refractivity contribution < 1.29 is 28.5 Å². The van der Waals surface area contributed by atoms with Crippen LogP contribution in [0.15, 0.2) is 33.9 Å². The minimum atomic E-state index is -0.395. The lowest BCUT2D eigenvalue weighted by Gasteiger charge is -2.42. The maximum atomic E-state index is 11.3. The van der Waals surface area contributed by atoms with Crippen LogP contribution in [0.5, 0.6) is 0 Å². The number of rotatable bonds is 6. The van der Waals surface area contributed by atoms with E-state index in [-0.39, 0.29) is 17.2 Å². The number of esters is 1. The summed E-state index contributed by atoms with van der Waals surface area (Å²) in [5, 5.41) is 0. The quantitative estimate of drug-likeness (QED) is 0.118. The fraction of sp³-hybridized carbons (Fsp3) is 0.841. The van der Waals surface area contributed by atoms with E-state index in [9.17, 15) is 4.79 Å². The molecule has 2 fully saturated rings. The molecule has 0 spiro atoms. The van der Waals surface area contributed by atoms with Crippen LogP contribution >= 0.6 is 0 Å². The third-order valence-electron chi connectivity index (χ3n) is 7.20. The van der Waals surface area contributed by atoms with Crippen LogP contribution in [0, 0.1) is 16.2 Å². The van der Waals surface area contributed by atoms with Crippen molar-refractivity contribution in [2.24, 2.45) is 16.2 Å². The second-order valence-corrected chi connectivity index (χ2v) is 20.2. The van der Waals surface area contributed by atoms with Crippen molar-refractivity contribution in [1.82, 2.24) is 0 Å². The molecular formula is C44H86O6. The Balaban J connectivity index is -0.000000556. The van der Waals surface area contributed by atoms with Gasteiger partial charge in [-0.1, -0.05) is 71.3 Å². The molecule has 0 radical (unpaired) electrons. The lowest BCUT2D eigenvalue weighted by Crippen LogP contribution is -2.42. The summed E-state index contributed by atoms with van der Waals surface area (Å²) in [7, 11) is 0. The number of carbonyl (C=O) groups is 1. The van der Waals surface area contributed by atoms with Gasteiger partial charge in [0.05, 0.1) is 50.3 Å². The third-order valence-corrected chi connectivity index (χ3v) is 7.20. The molecule has 0 amide bonds. The Morgan fingerprint density at radius 1 is 0.700 bits per heavy atom. The molecular weight excluding hydrogens is 624 g/mol. The molecule has 2 rings (SSSR count). The van der Waals surface area contributed by atoms with Crippen molar-refractivity contribution in [3.63, 3.8) is 0 Å². The second kappa shape index (κ2) is 22.6. The van der Waals surface area contributed by atoms with Crippen LogP contribution in [0.4, 0.5) is 0 Å². The molecule has 0 bridgehead atoms. The Kier molecular flexibility index (Phi) is 23.9. The first-order chi connectivity index (χ1) is 22.0. The first kappa shape index (κ1) is 52.9. The van der Waals surface area contributed by atoms with E-state index in [4.69, 9.17) is 23.7 Å². The SMILES string of the molecule is CC(C)(C)C1CO1.CC(C)(C)CC1(C)COC1.CC(C)=C(C)C(=O)OC(C)(C)C.CC(C)=C(C)COC(C)(C)C.CC(C)=CCOC(C)(C)C. The Hall–Kier alpha value is -1.47. The van der Waals surface area contributed by atoms with Gasteiger partial charge < -0.3 is 23.7 Å². The van der Waals surface area contributed by atoms with Crippen LogP contribution in [-0.2, 0) is 28.5 Å². The fourth-order valence-corrected chi connectivity index (χ4v) is 3.87. The van der Waals surface area contributed by atoms with Gasteiger partial charge in [0.1, 0.15) is 5.60 Å². The molecule has 2 aliphatic rings. The van der Waals surface area contributed by atoms with Gasteiger partial charge in [-0.3, -0.25) is 0 Å². The molecule has 0 aliphatic carbocycles. The first-order valence-corrected chi connectivity index (χ1v) is 18.6. The van der Waals surface area contributed by atoms with E-state index in [1.165, 1.54) is 23.1 Å². The van der Waals surface area contributed by atoms with Gasteiger partial charge in [-0.05, 0) is 141 Å². The molecule has 2 heterocycles. The lowest BCUT2D eigenvalue weighted by atomic mass is 9.74. The highest BCUT2D eigenvalue weighted by molar-refractivity contribution is 5.88. The Morgan fingerprint density at radius 3 is 1.34 bits per heavy atom. The minimum absolute atomic E-state index is 0.00799. The van der Waals surface area contributed by atoms with Crippen molar-refractivity contribution in [3.8, 4) is 0 Å². The monoisotopic (exact) mass is 711 g/mol. The van der Waals surface area contributed by atoms with Gasteiger partial charge in [-0.15, -0.1) is 0 Å². The summed E-state index contributed by atoms with van der Waals surface area (Å²) in [4.78, 5) is 11.3. The van der Waals surface area contributed by atoms with Crippen molar-refractivity contribution >= 4 is 5.97 Å². The van der Waals surface area contributed by atoms with E-state index >= 15 is 0 Å². The Labute approximate surface area is 312 Å². The van der Waals surface area contributed by atoms with E-state index in [1.54, 1.807) is 6.92 Å². The maximum Gasteiger partial charge on any atom is 0.334 e. The van der Waals surface area contributed by atoms with Gasteiger partial charge in [0.2, 0.25) is 0 Å². The van der Waals surface area contributed by atoms with E-state index in [0.29, 0.717) is 27.9 Å². The normalized spacial score (nSPS) is 16.4. The molecule has 1 unspecified atom stereocenters. The van der Waals surface area contributed by atoms with E-state index in [0.717, 1.165) is 38.6 Å². The van der Waals surface area contributed by atoms with E-state index in [2.05, 4.69) is 131 Å². The van der Waals surface area contributed by atoms with Crippen LogP contribution < -0.4 is 0 Å². The van der Waals surface area contributed by atoms with Gasteiger partial charge in [0.15, 0.2) is 0 Å². The van der Waals surface area contributed by atoms with Gasteiger partial charge in [-0.25, -0.2) is 4.79 Å². The maximum absolute atomic E-state index is 11.3. The summed E-state index contributed by atoms with van der Waals surface area (Å²) < 4.78 is 26.5. The molecule has 2 saturated heterocycles. The average Bonchev–Trinajstić information content (AvgIpc) is 3.70. The smallest absolute Gasteiger partial charge is 0.334 e. The van der Waals surface area contributed by atoms with Crippen molar-refractivity contribution in [3.05, 3.63) is 33.9 Å². The number of carbonyl (C=O) groups excluding carboxylic acids is 1. The average molecular weight is 711 g/mol. The topological polar surface area (TPSA) is 66.5 Å². The van der Waals surface area contributed by atoms with Gasteiger partial charge >= 0.3 is 5.97 Å². The molecule has 0 aromatic carbocycles. The van der Waals surface area contributed by atoms with Crippen molar-refractivity contribution in [2.75, 3.05) is 33.0 Å². The molecule has 0 saturated carbocycles. The molecule has 6 heteroatoms. The number of epoxide rings is 1. The summed E-state index contributed by atoms with van der Waals surface area (Å²) in [6, 6.07) is 0. The molecule has 1 atom stereocenters. The summed E-state index contributed by atoms with van der Waals surface area (Å²) in [5.41, 5.74) is 6.61. The minimum Gasteiger partial charge on any atom is -0.457 e. The van der Waals surface area contributed by atoms with Crippen LogP contribution in [0.25, 0.3) is 0 Å². The predicted octanol–water partition coefficient (Wildman–Crippen LogP) is 12.5. The summed E-state index contributed by atoms with van der Waals surface area (Å²) in [6.07, 6.45) is 3.91. The standard InChI is InChI=1S/C10H18O2.C10H20O.2C9H18O.C6H12O/c1-7(2)8(3)9(11)12-10(4,5)6;1-8(2)9(3)7-11-10(4,5)6;1-8(2,3)5-9(4)6-10-7-9;1-8(2)6-7-10-9(3,4)5;1-6(2,3)5-4-7-5/h1-6H3;7H2,1-6H3;5-7H2,1-4H3;6H,7H2,1-5H3;5H,4H2,1-3H3. The van der Waals surface area contributed by atoms with Crippen molar-refractivity contribution in [2.45, 2.75) is 195 Å². The van der Waals surface area contributed by atoms with Crippen molar-refractivity contribution in [1.29, 1.82) is 0 Å². The highest BCUT2D eigenvalue weighted by Crippen LogP contribution is 2.38. The lowest BCUT2D eigenvalue weighted by molar-refractivity contribution is -0.149. The molecule has 0 N–H and O–H groups in total. The Bertz CT molecular complexity index is 1040. The summed E-state index contributed by atoms with van der Waals surface area (Å²) in [6.45, 7) is 54.2. The third kappa shape index (κ3) is 36.3. The van der Waals surface area contributed by atoms with Gasteiger partial charge in [-0.2, -0.15) is 0 Å². The highest BCUT2D eigenvalue weighted by atomic mass is 16.6. The molecule has 6 nitrogen and oxygen atoms in total. The molecule has 0 aromatic heterocycles. The molecule has 0 aromatic rings. The predicted molar refractivity (Wildman–Crippen MR) is 217 cm³/mol. The summed E-state index contributed by atoms with van der Waals surface area (Å²) >= 11 is 0. The first-order valence-electron chi connectivity index (χ1n) is 18.6. The van der Waals surface area contributed by atoms with E-state index in [1.807, 2.05) is 34.6 Å². The van der Waals surface area contributed by atoms with Crippen LogP contribution in [-0.4, -0.2) is 61.9 Å². The second-order valence-electron chi connectivity index (χ2n) is 20.2. The zero-order chi connectivity index (χ0) is 40.5. The number of allylic oxidation sites excluding steroid dienone is 3. The van der Waals surface area contributed by atoms with Gasteiger partial charge in [0.25, 0.3) is 0 Å². The fourth-order valence-electron chi connectivity index (χ4n) is 3.87. The molecule has 50 heavy (non-hydrogen) atoms. The van der Waals surface area contributed by atoms with Crippen LogP contribution in [0.1, 0.15) is 173 Å². The number of ether oxygens (including phenoxy) is 5. The molecule has 2 aliphatic heterocycles. The zero-order valence-electron chi connectivity index (χ0n) is 37.8. The van der Waals surface area contributed by atoms with E-state index < -0.39 is 5.60 Å². The number of hydrogen-bond acceptors (Lipinski definition) is 6. The highest BCUT2D eigenvalue weighted by Gasteiger charge is 2.37. The van der Waals surface area contributed by atoms with Gasteiger partial charge in [0, 0.05) is 11.0 Å². The zero-order valence-corrected chi connectivity index (χ0v) is 37.8.